The number of aliphatic hydroxyl groups excluding tert-OH is 1. The maximum atomic E-state index is 13.0. The predicted molar refractivity (Wildman–Crippen MR) is 335 cm³/mol. The second-order valence-electron chi connectivity index (χ2n) is 24.7. The third-order valence-electron chi connectivity index (χ3n) is 15.2. The van der Waals surface area contributed by atoms with Gasteiger partial charge in [-0.05, 0) is 43.4 Å². The summed E-state index contributed by atoms with van der Waals surface area (Å²) in [6, 6.07) is 0. The number of ether oxygens (including phenoxy) is 4. The lowest BCUT2D eigenvalue weighted by Gasteiger charge is -2.21. The van der Waals surface area contributed by atoms with Crippen molar-refractivity contribution in [2.45, 2.75) is 336 Å². The van der Waals surface area contributed by atoms with Gasteiger partial charge in [-0.15, -0.1) is 0 Å². The van der Waals surface area contributed by atoms with E-state index in [1.807, 2.05) is 0 Å². The van der Waals surface area contributed by atoms with Crippen LogP contribution in [0.15, 0.2) is 0 Å². The van der Waals surface area contributed by atoms with Crippen molar-refractivity contribution >= 4 is 39.5 Å². The van der Waals surface area contributed by atoms with Gasteiger partial charge in [0, 0.05) is 25.7 Å². The molecule has 19 heteroatoms. The first kappa shape index (κ1) is 82.1. The first-order chi connectivity index (χ1) is 40.3. The Kier molecular flexibility index (Phi) is 55.0. The molecule has 0 aliphatic carbocycles. The number of rotatable bonds is 63. The van der Waals surface area contributed by atoms with Crippen LogP contribution < -0.4 is 0 Å². The van der Waals surface area contributed by atoms with E-state index >= 15 is 0 Å². The van der Waals surface area contributed by atoms with E-state index in [-0.39, 0.29) is 25.7 Å². The fraction of sp³-hybridized carbons (Fsp3) is 0.938. The zero-order chi connectivity index (χ0) is 62.4. The molecule has 0 saturated heterocycles. The highest BCUT2D eigenvalue weighted by Gasteiger charge is 2.30. The van der Waals surface area contributed by atoms with Gasteiger partial charge in [0.25, 0.3) is 0 Å². The lowest BCUT2D eigenvalue weighted by molar-refractivity contribution is -0.161. The topological polar surface area (TPSA) is 237 Å². The molecule has 0 rings (SSSR count). The first-order valence-electron chi connectivity index (χ1n) is 33.9. The van der Waals surface area contributed by atoms with Gasteiger partial charge in [-0.25, -0.2) is 9.13 Å². The third kappa shape index (κ3) is 57.8. The monoisotopic (exact) mass is 1240 g/mol. The van der Waals surface area contributed by atoms with Crippen LogP contribution in [0.25, 0.3) is 0 Å². The number of hydrogen-bond acceptors (Lipinski definition) is 15. The Bertz CT molecular complexity index is 1670. The van der Waals surface area contributed by atoms with Crippen LogP contribution in [0.1, 0.15) is 318 Å². The Morgan fingerprint density at radius 1 is 0.345 bits per heavy atom. The Morgan fingerprint density at radius 2 is 0.607 bits per heavy atom. The van der Waals surface area contributed by atoms with E-state index in [0.717, 1.165) is 120 Å². The Labute approximate surface area is 511 Å². The zero-order valence-electron chi connectivity index (χ0n) is 54.4. The summed E-state index contributed by atoms with van der Waals surface area (Å²) in [6.45, 7) is 11.7. The van der Waals surface area contributed by atoms with Gasteiger partial charge in [0.1, 0.15) is 19.3 Å². The number of carbonyl (C=O) groups is 4. The Balaban J connectivity index is 5.23. The summed E-state index contributed by atoms with van der Waals surface area (Å²) in [5.74, 6) is 0.104. The van der Waals surface area contributed by atoms with Gasteiger partial charge in [-0.3, -0.25) is 37.3 Å². The molecule has 0 amide bonds. The molecule has 0 fully saturated rings. The average Bonchev–Trinajstić information content (AvgIpc) is 3.53. The lowest BCUT2D eigenvalue weighted by Crippen LogP contribution is -2.30. The van der Waals surface area contributed by atoms with E-state index in [1.54, 1.807) is 0 Å². The minimum Gasteiger partial charge on any atom is -0.462 e. The predicted octanol–water partition coefficient (Wildman–Crippen LogP) is 17.9. The van der Waals surface area contributed by atoms with Crippen LogP contribution in [-0.4, -0.2) is 96.7 Å². The van der Waals surface area contributed by atoms with Crippen molar-refractivity contribution in [1.29, 1.82) is 0 Å². The minimum atomic E-state index is -4.95. The molecule has 0 aromatic carbocycles. The molecular formula is C65H126O17P2. The van der Waals surface area contributed by atoms with Crippen LogP contribution in [-0.2, 0) is 65.4 Å². The highest BCUT2D eigenvalue weighted by Crippen LogP contribution is 2.45. The molecule has 3 N–H and O–H groups in total. The van der Waals surface area contributed by atoms with Gasteiger partial charge in [-0.2, -0.15) is 0 Å². The summed E-state index contributed by atoms with van der Waals surface area (Å²) < 4.78 is 68.0. The van der Waals surface area contributed by atoms with Crippen LogP contribution in [0.2, 0.25) is 0 Å². The van der Waals surface area contributed by atoms with Crippen LogP contribution in [0.4, 0.5) is 0 Å². The molecule has 0 spiro atoms. The number of hydrogen-bond donors (Lipinski definition) is 3. The van der Waals surface area contributed by atoms with Crippen molar-refractivity contribution in [3.05, 3.63) is 0 Å². The SMILES string of the molecule is CCCCCCCCCC(=O)OC[C@H](COP(=O)(O)OC[C@H](O)COP(=O)(O)OC[C@@H](COC(=O)CCCCCCCCCCCCC(C)C)OC(=O)CCCCCCCCCCCCCC(C)C)OC(=O)CCCCCCCCC(C)CC. The quantitative estimate of drug-likeness (QED) is 0.0222. The maximum absolute atomic E-state index is 13.0. The maximum Gasteiger partial charge on any atom is 0.472 e. The molecule has 0 heterocycles. The standard InChI is InChI=1S/C65H126O17P2/c1-8-10-11-12-22-32-39-46-62(67)75-52-61(82-65(70)49-42-35-28-27-31-38-45-58(7)9-2)55-80-84(73,74)78-51-59(66)50-77-83(71,72)79-54-60(53-76-63(68)47-40-33-25-20-17-16-19-24-30-37-44-57(5)6)81-64(69)48-41-34-26-21-15-13-14-18-23-29-36-43-56(3)4/h56-61,66H,8-55H2,1-7H3,(H,71,72)(H,73,74)/t58?,59-,60-,61-/m1/s1. The molecule has 6 atom stereocenters. The van der Waals surface area contributed by atoms with Gasteiger partial charge in [0.15, 0.2) is 12.2 Å². The van der Waals surface area contributed by atoms with Gasteiger partial charge < -0.3 is 33.8 Å². The summed E-state index contributed by atoms with van der Waals surface area (Å²) in [5, 5.41) is 10.5. The number of esters is 4. The number of phosphoric acid groups is 2. The fourth-order valence-electron chi connectivity index (χ4n) is 9.62. The van der Waals surface area contributed by atoms with E-state index in [0.29, 0.717) is 25.7 Å². The summed E-state index contributed by atoms with van der Waals surface area (Å²) >= 11 is 0. The van der Waals surface area contributed by atoms with Crippen molar-refractivity contribution in [3.63, 3.8) is 0 Å². The third-order valence-corrected chi connectivity index (χ3v) is 17.1. The van der Waals surface area contributed by atoms with E-state index in [1.165, 1.54) is 116 Å². The van der Waals surface area contributed by atoms with E-state index in [9.17, 15) is 43.2 Å². The van der Waals surface area contributed by atoms with Crippen LogP contribution in [0, 0.1) is 17.8 Å². The van der Waals surface area contributed by atoms with E-state index in [2.05, 4.69) is 48.5 Å². The molecule has 0 aromatic heterocycles. The molecule has 498 valence electrons. The lowest BCUT2D eigenvalue weighted by atomic mass is 10.00. The molecule has 84 heavy (non-hydrogen) atoms. The summed E-state index contributed by atoms with van der Waals surface area (Å²) in [4.78, 5) is 72.2. The molecule has 17 nitrogen and oxygen atoms in total. The molecule has 0 saturated carbocycles. The number of carbonyl (C=O) groups excluding carboxylic acids is 4. The highest BCUT2D eigenvalue weighted by atomic mass is 31.2. The average molecular weight is 1240 g/mol. The van der Waals surface area contributed by atoms with Crippen LogP contribution >= 0.6 is 15.6 Å². The Hall–Kier alpha value is -1.94. The van der Waals surface area contributed by atoms with Crippen molar-refractivity contribution in [1.82, 2.24) is 0 Å². The molecular weight excluding hydrogens is 1110 g/mol. The second-order valence-corrected chi connectivity index (χ2v) is 27.6. The minimum absolute atomic E-state index is 0.102. The van der Waals surface area contributed by atoms with Gasteiger partial charge in [0.2, 0.25) is 0 Å². The first-order valence-corrected chi connectivity index (χ1v) is 36.9. The fourth-order valence-corrected chi connectivity index (χ4v) is 11.2. The molecule has 0 aliphatic heterocycles. The van der Waals surface area contributed by atoms with Gasteiger partial charge in [0.05, 0.1) is 26.4 Å². The number of unbranched alkanes of at least 4 members (excludes halogenated alkanes) is 30. The van der Waals surface area contributed by atoms with E-state index in [4.69, 9.17) is 37.0 Å². The summed E-state index contributed by atoms with van der Waals surface area (Å²) in [6.07, 6.45) is 37.7. The number of phosphoric ester groups is 2. The van der Waals surface area contributed by atoms with Gasteiger partial charge in [-0.1, -0.05) is 267 Å². The number of aliphatic hydroxyl groups is 1. The second kappa shape index (κ2) is 56.3. The van der Waals surface area contributed by atoms with E-state index < -0.39 is 97.5 Å². The molecule has 0 aromatic rings. The Morgan fingerprint density at radius 3 is 0.905 bits per heavy atom. The van der Waals surface area contributed by atoms with Crippen molar-refractivity contribution in [2.24, 2.45) is 17.8 Å². The normalized spacial score (nSPS) is 14.7. The smallest absolute Gasteiger partial charge is 0.462 e. The van der Waals surface area contributed by atoms with Crippen molar-refractivity contribution < 1.29 is 80.2 Å². The summed E-state index contributed by atoms with van der Waals surface area (Å²) in [5.41, 5.74) is 0. The molecule has 0 bridgehead atoms. The molecule has 0 aliphatic rings. The highest BCUT2D eigenvalue weighted by molar-refractivity contribution is 7.47. The van der Waals surface area contributed by atoms with Gasteiger partial charge >= 0.3 is 39.5 Å². The summed E-state index contributed by atoms with van der Waals surface area (Å²) in [7, 11) is -9.89. The largest absolute Gasteiger partial charge is 0.472 e. The molecule has 3 unspecified atom stereocenters. The van der Waals surface area contributed by atoms with Crippen LogP contribution in [0.5, 0.6) is 0 Å². The van der Waals surface area contributed by atoms with Crippen LogP contribution in [0.3, 0.4) is 0 Å². The van der Waals surface area contributed by atoms with Crippen molar-refractivity contribution in [2.75, 3.05) is 39.6 Å². The van der Waals surface area contributed by atoms with Crippen molar-refractivity contribution in [3.8, 4) is 0 Å². The zero-order valence-corrected chi connectivity index (χ0v) is 56.1. The molecule has 0 radical (unpaired) electrons.